The van der Waals surface area contributed by atoms with Gasteiger partial charge in [0.15, 0.2) is 5.78 Å². The number of nitrogens with zero attached hydrogens (tertiary/aromatic N) is 1. The Morgan fingerprint density at radius 2 is 1.87 bits per heavy atom. The van der Waals surface area contributed by atoms with Gasteiger partial charge in [-0.25, -0.2) is 0 Å². The first-order chi connectivity index (χ1) is 7.29. The average Bonchev–Trinajstić information content (AvgIpc) is 2.30. The molecule has 0 aliphatic heterocycles. The Kier molecular flexibility index (Phi) is 2.46. The van der Waals surface area contributed by atoms with E-state index in [0.29, 0.717) is 5.56 Å². The summed E-state index contributed by atoms with van der Waals surface area (Å²) in [5.74, 6) is -0.264. The minimum absolute atomic E-state index is 0.0427. The fourth-order valence-corrected chi connectivity index (χ4v) is 1.31. The molecule has 3 nitrogen and oxygen atoms in total. The predicted molar refractivity (Wildman–Crippen MR) is 55.8 cm³/mol. The zero-order chi connectivity index (χ0) is 10.7. The summed E-state index contributed by atoms with van der Waals surface area (Å²) < 4.78 is 0. The van der Waals surface area contributed by atoms with Crippen molar-refractivity contribution in [3.05, 3.63) is 59.9 Å². The van der Waals surface area contributed by atoms with Crippen LogP contribution in [0.1, 0.15) is 15.9 Å². The van der Waals surface area contributed by atoms with Gasteiger partial charge >= 0.3 is 0 Å². The molecule has 0 aliphatic rings. The Morgan fingerprint density at radius 3 is 2.53 bits per heavy atom. The number of aromatic hydroxyl groups is 1. The molecule has 0 fully saturated rings. The highest BCUT2D eigenvalue weighted by molar-refractivity contribution is 6.10. The van der Waals surface area contributed by atoms with E-state index < -0.39 is 0 Å². The number of carbonyl (C=O) groups excluding carboxylic acids is 1. The van der Waals surface area contributed by atoms with Crippen LogP contribution >= 0.6 is 0 Å². The monoisotopic (exact) mass is 199 g/mol. The van der Waals surface area contributed by atoms with Gasteiger partial charge in [0.25, 0.3) is 0 Å². The number of hydrogen-bond acceptors (Lipinski definition) is 3. The van der Waals surface area contributed by atoms with Gasteiger partial charge in [0.1, 0.15) is 5.75 Å². The third kappa shape index (κ3) is 1.86. The summed E-state index contributed by atoms with van der Waals surface area (Å²) in [6.45, 7) is 0. The van der Waals surface area contributed by atoms with Crippen LogP contribution in [0.25, 0.3) is 0 Å². The second-order valence-corrected chi connectivity index (χ2v) is 3.09. The summed E-state index contributed by atoms with van der Waals surface area (Å²) in [4.78, 5) is 15.7. The topological polar surface area (TPSA) is 50.2 Å². The van der Waals surface area contributed by atoms with Gasteiger partial charge in [-0.1, -0.05) is 30.3 Å². The lowest BCUT2D eigenvalue weighted by atomic mass is 10.0. The molecule has 3 heteroatoms. The molecule has 0 unspecified atom stereocenters. The van der Waals surface area contributed by atoms with Crippen LogP contribution in [0, 0.1) is 0 Å². The van der Waals surface area contributed by atoms with Crippen molar-refractivity contribution in [1.82, 2.24) is 4.98 Å². The van der Waals surface area contributed by atoms with Crippen LogP contribution in [-0.4, -0.2) is 15.9 Å². The molecular weight excluding hydrogens is 190 g/mol. The van der Waals surface area contributed by atoms with Gasteiger partial charge < -0.3 is 5.11 Å². The Balaban J connectivity index is 2.42. The molecular formula is C12H9NO2. The lowest BCUT2D eigenvalue weighted by Gasteiger charge is -2.02. The van der Waals surface area contributed by atoms with E-state index in [2.05, 4.69) is 4.98 Å². The van der Waals surface area contributed by atoms with Crippen LogP contribution < -0.4 is 0 Å². The van der Waals surface area contributed by atoms with Gasteiger partial charge in [0.2, 0.25) is 0 Å². The highest BCUT2D eigenvalue weighted by Crippen LogP contribution is 2.18. The van der Waals surface area contributed by atoms with Crippen molar-refractivity contribution >= 4 is 5.78 Å². The average molecular weight is 199 g/mol. The molecule has 0 bridgehead atoms. The molecule has 0 atom stereocenters. The van der Waals surface area contributed by atoms with Gasteiger partial charge in [0, 0.05) is 18.0 Å². The standard InChI is InChI=1S/C12H9NO2/c14-11-6-7-13-8-10(11)12(15)9-4-2-1-3-5-9/h1-8H,(H,13,14). The van der Waals surface area contributed by atoms with E-state index in [1.807, 2.05) is 6.07 Å². The summed E-state index contributed by atoms with van der Waals surface area (Å²) >= 11 is 0. The molecule has 0 saturated carbocycles. The van der Waals surface area contributed by atoms with Crippen molar-refractivity contribution in [3.8, 4) is 5.75 Å². The molecule has 0 radical (unpaired) electrons. The molecule has 0 amide bonds. The number of aromatic nitrogens is 1. The van der Waals surface area contributed by atoms with Crippen molar-refractivity contribution < 1.29 is 9.90 Å². The molecule has 15 heavy (non-hydrogen) atoms. The van der Waals surface area contributed by atoms with Gasteiger partial charge in [-0.3, -0.25) is 9.78 Å². The van der Waals surface area contributed by atoms with Crippen LogP contribution in [0.3, 0.4) is 0 Å². The van der Waals surface area contributed by atoms with Gasteiger partial charge in [-0.05, 0) is 6.07 Å². The third-order valence-corrected chi connectivity index (χ3v) is 2.08. The summed E-state index contributed by atoms with van der Waals surface area (Å²) in [5, 5.41) is 9.48. The highest BCUT2D eigenvalue weighted by atomic mass is 16.3. The maximum Gasteiger partial charge on any atom is 0.198 e. The van der Waals surface area contributed by atoms with E-state index in [1.165, 1.54) is 18.5 Å². The SMILES string of the molecule is O=C(c1ccccc1)c1cnccc1O. The maximum absolute atomic E-state index is 11.9. The minimum Gasteiger partial charge on any atom is -0.507 e. The van der Waals surface area contributed by atoms with Gasteiger partial charge in [-0.2, -0.15) is 0 Å². The normalized spacial score (nSPS) is 9.87. The minimum atomic E-state index is -0.221. The zero-order valence-electron chi connectivity index (χ0n) is 7.92. The Hall–Kier alpha value is -2.16. The van der Waals surface area contributed by atoms with Gasteiger partial charge in [-0.15, -0.1) is 0 Å². The molecule has 1 N–H and O–H groups in total. The summed E-state index contributed by atoms with van der Waals surface area (Å²) in [5.41, 5.74) is 0.768. The smallest absolute Gasteiger partial charge is 0.198 e. The van der Waals surface area contributed by atoms with E-state index in [0.717, 1.165) is 0 Å². The van der Waals surface area contributed by atoms with E-state index in [4.69, 9.17) is 0 Å². The molecule has 0 saturated heterocycles. The third-order valence-electron chi connectivity index (χ3n) is 2.08. The van der Waals surface area contributed by atoms with Gasteiger partial charge in [0.05, 0.1) is 5.56 Å². The van der Waals surface area contributed by atoms with E-state index in [9.17, 15) is 9.90 Å². The number of ketones is 1. The number of benzene rings is 1. The lowest BCUT2D eigenvalue weighted by molar-refractivity contribution is 0.103. The maximum atomic E-state index is 11.9. The molecule has 2 rings (SSSR count). The van der Waals surface area contributed by atoms with Crippen LogP contribution in [0.4, 0.5) is 0 Å². The second-order valence-electron chi connectivity index (χ2n) is 3.09. The van der Waals surface area contributed by atoms with Crippen LogP contribution in [0.15, 0.2) is 48.8 Å². The summed E-state index contributed by atoms with van der Waals surface area (Å²) in [7, 11) is 0. The van der Waals surface area contributed by atoms with Crippen molar-refractivity contribution in [2.24, 2.45) is 0 Å². The number of hydrogen-bond donors (Lipinski definition) is 1. The van der Waals surface area contributed by atoms with Crippen molar-refractivity contribution in [3.63, 3.8) is 0 Å². The number of carbonyl (C=O) groups is 1. The van der Waals surface area contributed by atoms with Crippen molar-refractivity contribution in [1.29, 1.82) is 0 Å². The van der Waals surface area contributed by atoms with Crippen molar-refractivity contribution in [2.45, 2.75) is 0 Å². The van der Waals surface area contributed by atoms with E-state index in [1.54, 1.807) is 24.3 Å². The fraction of sp³-hybridized carbons (Fsp3) is 0. The molecule has 74 valence electrons. The highest BCUT2D eigenvalue weighted by Gasteiger charge is 2.12. The first-order valence-corrected chi connectivity index (χ1v) is 4.52. The molecule has 1 heterocycles. The lowest BCUT2D eigenvalue weighted by Crippen LogP contribution is -2.01. The predicted octanol–water partition coefficient (Wildman–Crippen LogP) is 2.02. The van der Waals surface area contributed by atoms with Crippen LogP contribution in [-0.2, 0) is 0 Å². The number of rotatable bonds is 2. The molecule has 0 aliphatic carbocycles. The Labute approximate surface area is 87.0 Å². The largest absolute Gasteiger partial charge is 0.507 e. The fourth-order valence-electron chi connectivity index (χ4n) is 1.31. The van der Waals surface area contributed by atoms with Crippen LogP contribution in [0.2, 0.25) is 0 Å². The number of pyridine rings is 1. The van der Waals surface area contributed by atoms with E-state index >= 15 is 0 Å². The van der Waals surface area contributed by atoms with Crippen LogP contribution in [0.5, 0.6) is 5.75 Å². The van der Waals surface area contributed by atoms with E-state index in [-0.39, 0.29) is 17.1 Å². The molecule has 0 spiro atoms. The molecule has 2 aromatic rings. The Bertz CT molecular complexity index is 480. The second kappa shape index (κ2) is 3.92. The molecule has 1 aromatic heterocycles. The molecule has 1 aromatic carbocycles. The van der Waals surface area contributed by atoms with Crippen molar-refractivity contribution in [2.75, 3.05) is 0 Å². The first-order valence-electron chi connectivity index (χ1n) is 4.52. The summed E-state index contributed by atoms with van der Waals surface area (Å²) in [6.07, 6.45) is 2.81. The first kappa shape index (κ1) is 9.40. The zero-order valence-corrected chi connectivity index (χ0v) is 7.92. The quantitative estimate of drug-likeness (QED) is 0.753. The Morgan fingerprint density at radius 1 is 1.13 bits per heavy atom. The summed E-state index contributed by atoms with van der Waals surface area (Å²) in [6, 6.07) is 10.2.